The summed E-state index contributed by atoms with van der Waals surface area (Å²) in [6.45, 7) is 3.72. The normalized spacial score (nSPS) is 11.9. The molecule has 31 heavy (non-hydrogen) atoms. The van der Waals surface area contributed by atoms with Crippen molar-refractivity contribution in [2.45, 2.75) is 39.4 Å². The Kier molecular flexibility index (Phi) is 6.79. The average Bonchev–Trinajstić information content (AvgIpc) is 2.79. The molecular weight excluding hydrogens is 398 g/mol. The van der Waals surface area contributed by atoms with E-state index in [4.69, 9.17) is 9.47 Å². The Bertz CT molecular complexity index is 1210. The van der Waals surface area contributed by atoms with Gasteiger partial charge >= 0.3 is 5.69 Å². The highest BCUT2D eigenvalue weighted by atomic mass is 16.5. The molecular formula is C23H27N3O5. The van der Waals surface area contributed by atoms with Crippen molar-refractivity contribution in [2.75, 3.05) is 14.2 Å². The molecule has 8 nitrogen and oxygen atoms in total. The molecule has 1 N–H and O–H groups in total. The van der Waals surface area contributed by atoms with Gasteiger partial charge in [-0.3, -0.25) is 18.7 Å². The number of hydrogen-bond donors (Lipinski definition) is 1. The number of nitrogens with zero attached hydrogens (tertiary/aromatic N) is 2. The minimum atomic E-state index is -0.493. The SMILES string of the molecule is CC[C@@H](C)n1c(=O)c2ccccc2n(CC(=O)NCc2cccc(OC)c2OC)c1=O. The topological polar surface area (TPSA) is 91.6 Å². The van der Waals surface area contributed by atoms with Crippen molar-refractivity contribution in [1.29, 1.82) is 0 Å². The van der Waals surface area contributed by atoms with E-state index in [9.17, 15) is 14.4 Å². The summed E-state index contributed by atoms with van der Waals surface area (Å²) < 4.78 is 13.2. The molecule has 1 atom stereocenters. The quantitative estimate of drug-likeness (QED) is 0.599. The molecule has 0 radical (unpaired) electrons. The van der Waals surface area contributed by atoms with Crippen molar-refractivity contribution in [3.05, 3.63) is 68.9 Å². The lowest BCUT2D eigenvalue weighted by Gasteiger charge is -2.18. The van der Waals surface area contributed by atoms with Crippen molar-refractivity contribution >= 4 is 16.8 Å². The molecule has 2 aromatic carbocycles. The van der Waals surface area contributed by atoms with E-state index in [1.807, 2.05) is 26.0 Å². The minimum absolute atomic E-state index is 0.205. The predicted molar refractivity (Wildman–Crippen MR) is 119 cm³/mol. The number of carbonyl (C=O) groups is 1. The van der Waals surface area contributed by atoms with Gasteiger partial charge in [0.2, 0.25) is 5.91 Å². The molecule has 0 bridgehead atoms. The number of amides is 1. The number of aromatic nitrogens is 2. The van der Waals surface area contributed by atoms with Crippen molar-refractivity contribution < 1.29 is 14.3 Å². The lowest BCUT2D eigenvalue weighted by molar-refractivity contribution is -0.121. The Hall–Kier alpha value is -3.55. The fraction of sp³-hybridized carbons (Fsp3) is 0.348. The van der Waals surface area contributed by atoms with Crippen LogP contribution in [0.3, 0.4) is 0 Å². The second-order valence-electron chi connectivity index (χ2n) is 7.25. The van der Waals surface area contributed by atoms with E-state index in [1.54, 1.807) is 37.4 Å². The highest BCUT2D eigenvalue weighted by molar-refractivity contribution is 5.81. The summed E-state index contributed by atoms with van der Waals surface area (Å²) in [6.07, 6.45) is 0.620. The Morgan fingerprint density at radius 1 is 1.06 bits per heavy atom. The molecule has 8 heteroatoms. The number of hydrogen-bond acceptors (Lipinski definition) is 5. The van der Waals surface area contributed by atoms with Crippen LogP contribution < -0.4 is 26.0 Å². The Morgan fingerprint density at radius 2 is 1.81 bits per heavy atom. The number of rotatable bonds is 8. The van der Waals surface area contributed by atoms with E-state index in [0.717, 1.165) is 5.56 Å². The maximum absolute atomic E-state index is 13.1. The third-order valence-corrected chi connectivity index (χ3v) is 5.37. The summed E-state index contributed by atoms with van der Waals surface area (Å²) >= 11 is 0. The first-order chi connectivity index (χ1) is 14.9. The number of fused-ring (bicyclic) bond motifs is 1. The summed E-state index contributed by atoms with van der Waals surface area (Å²) in [5.41, 5.74) is 0.350. The smallest absolute Gasteiger partial charge is 0.332 e. The van der Waals surface area contributed by atoms with E-state index in [2.05, 4.69) is 5.32 Å². The van der Waals surface area contributed by atoms with Gasteiger partial charge in [0.1, 0.15) is 6.54 Å². The first-order valence-corrected chi connectivity index (χ1v) is 10.1. The van der Waals surface area contributed by atoms with Gasteiger partial charge in [-0.2, -0.15) is 0 Å². The van der Waals surface area contributed by atoms with Gasteiger partial charge in [0, 0.05) is 18.2 Å². The lowest BCUT2D eigenvalue weighted by Crippen LogP contribution is -2.43. The molecule has 0 aliphatic rings. The van der Waals surface area contributed by atoms with Crippen molar-refractivity contribution in [1.82, 2.24) is 14.5 Å². The molecule has 3 aromatic rings. The highest BCUT2D eigenvalue weighted by Crippen LogP contribution is 2.30. The van der Waals surface area contributed by atoms with Gasteiger partial charge in [-0.15, -0.1) is 0 Å². The van der Waals surface area contributed by atoms with Crippen LogP contribution in [0, 0.1) is 0 Å². The summed E-state index contributed by atoms with van der Waals surface area (Å²) in [7, 11) is 3.08. The van der Waals surface area contributed by atoms with Crippen LogP contribution in [0.1, 0.15) is 31.9 Å². The summed E-state index contributed by atoms with van der Waals surface area (Å²) in [5, 5.41) is 3.23. The maximum Gasteiger partial charge on any atom is 0.332 e. The third kappa shape index (κ3) is 4.33. The van der Waals surface area contributed by atoms with Crippen LogP contribution in [0.5, 0.6) is 11.5 Å². The van der Waals surface area contributed by atoms with Gasteiger partial charge in [0.05, 0.1) is 25.1 Å². The summed E-state index contributed by atoms with van der Waals surface area (Å²) in [4.78, 5) is 38.7. The molecule has 0 fully saturated rings. The second-order valence-corrected chi connectivity index (χ2v) is 7.25. The summed E-state index contributed by atoms with van der Waals surface area (Å²) in [6, 6.07) is 12.0. The molecule has 0 spiro atoms. The van der Waals surface area contributed by atoms with Crippen LogP contribution in [0.15, 0.2) is 52.1 Å². The lowest BCUT2D eigenvalue weighted by atomic mass is 10.2. The van der Waals surface area contributed by atoms with Crippen LogP contribution in [0.2, 0.25) is 0 Å². The number of ether oxygens (including phenoxy) is 2. The number of para-hydroxylation sites is 2. The standard InChI is InChI=1S/C23H27N3O5/c1-5-15(2)26-22(28)17-10-6-7-11-18(17)25(23(26)29)14-20(27)24-13-16-9-8-12-19(30-3)21(16)31-4/h6-12,15H,5,13-14H2,1-4H3,(H,24,27)/t15-/m1/s1. The minimum Gasteiger partial charge on any atom is -0.493 e. The number of nitrogens with one attached hydrogen (secondary N) is 1. The molecule has 1 aromatic heterocycles. The molecule has 0 saturated heterocycles. The van der Waals surface area contributed by atoms with E-state index < -0.39 is 5.69 Å². The molecule has 0 aliphatic heterocycles. The molecule has 3 rings (SSSR count). The second kappa shape index (κ2) is 9.51. The zero-order valence-electron chi connectivity index (χ0n) is 18.2. The van der Waals surface area contributed by atoms with Crippen molar-refractivity contribution in [2.24, 2.45) is 0 Å². The van der Waals surface area contributed by atoms with E-state index >= 15 is 0 Å². The van der Waals surface area contributed by atoms with E-state index in [-0.39, 0.29) is 30.6 Å². The molecule has 1 amide bonds. The predicted octanol–water partition coefficient (Wildman–Crippen LogP) is 2.47. The van der Waals surface area contributed by atoms with Gasteiger partial charge in [0.25, 0.3) is 5.56 Å². The molecule has 0 saturated carbocycles. The third-order valence-electron chi connectivity index (χ3n) is 5.37. The fourth-order valence-electron chi connectivity index (χ4n) is 3.55. The molecule has 1 heterocycles. The fourth-order valence-corrected chi connectivity index (χ4v) is 3.55. The van der Waals surface area contributed by atoms with Crippen LogP contribution >= 0.6 is 0 Å². The number of benzene rings is 2. The number of methoxy groups -OCH3 is 2. The van der Waals surface area contributed by atoms with Gasteiger partial charge in [-0.05, 0) is 31.5 Å². The van der Waals surface area contributed by atoms with Gasteiger partial charge < -0.3 is 14.8 Å². The first-order valence-electron chi connectivity index (χ1n) is 10.1. The van der Waals surface area contributed by atoms with Gasteiger partial charge in [-0.1, -0.05) is 31.2 Å². The van der Waals surface area contributed by atoms with Crippen LogP contribution in [-0.4, -0.2) is 29.3 Å². The maximum atomic E-state index is 13.1. The largest absolute Gasteiger partial charge is 0.493 e. The van der Waals surface area contributed by atoms with Crippen LogP contribution in [-0.2, 0) is 17.9 Å². The van der Waals surface area contributed by atoms with Crippen molar-refractivity contribution in [3.63, 3.8) is 0 Å². The van der Waals surface area contributed by atoms with Crippen LogP contribution in [0.4, 0.5) is 0 Å². The monoisotopic (exact) mass is 425 g/mol. The van der Waals surface area contributed by atoms with Gasteiger partial charge in [0.15, 0.2) is 11.5 Å². The molecule has 0 unspecified atom stereocenters. The Balaban J connectivity index is 1.93. The van der Waals surface area contributed by atoms with E-state index in [0.29, 0.717) is 28.8 Å². The zero-order valence-corrected chi connectivity index (χ0v) is 18.2. The average molecular weight is 425 g/mol. The molecule has 0 aliphatic carbocycles. The van der Waals surface area contributed by atoms with E-state index in [1.165, 1.54) is 16.2 Å². The summed E-state index contributed by atoms with van der Waals surface area (Å²) in [5.74, 6) is 0.752. The van der Waals surface area contributed by atoms with Crippen molar-refractivity contribution in [3.8, 4) is 11.5 Å². The molecule has 164 valence electrons. The zero-order chi connectivity index (χ0) is 22.5. The van der Waals surface area contributed by atoms with Crippen LogP contribution in [0.25, 0.3) is 10.9 Å². The first kappa shape index (κ1) is 22.1. The highest BCUT2D eigenvalue weighted by Gasteiger charge is 2.18. The Morgan fingerprint density at radius 3 is 2.48 bits per heavy atom. The Labute approximate surface area is 180 Å². The number of carbonyl (C=O) groups excluding carboxylic acids is 1. The van der Waals surface area contributed by atoms with Gasteiger partial charge in [-0.25, -0.2) is 4.79 Å².